The maximum atomic E-state index is 12.7. The number of para-hydroxylation sites is 1. The number of anilines is 1. The van der Waals surface area contributed by atoms with Gasteiger partial charge >= 0.3 is 0 Å². The van der Waals surface area contributed by atoms with Crippen LogP contribution in [0.1, 0.15) is 48.0 Å². The molecule has 2 heterocycles. The average molecular weight is 386 g/mol. The molecular formula is C23H22N4O2. The van der Waals surface area contributed by atoms with Crippen LogP contribution in [-0.4, -0.2) is 26.6 Å². The van der Waals surface area contributed by atoms with E-state index < -0.39 is 0 Å². The number of ketones is 1. The number of hydrogen-bond acceptors (Lipinski definition) is 4. The fraction of sp³-hybridized carbons (Fsp3) is 0.217. The predicted molar refractivity (Wildman–Crippen MR) is 114 cm³/mol. The third-order valence-corrected chi connectivity index (χ3v) is 4.60. The first-order chi connectivity index (χ1) is 13.8. The second-order valence-electron chi connectivity index (χ2n) is 8.32. The van der Waals surface area contributed by atoms with E-state index in [1.54, 1.807) is 18.3 Å². The molecule has 0 atom stereocenters. The van der Waals surface area contributed by atoms with Gasteiger partial charge in [-0.05, 0) is 29.0 Å². The average Bonchev–Trinajstić information content (AvgIpc) is 3.08. The van der Waals surface area contributed by atoms with Crippen LogP contribution in [0.5, 0.6) is 0 Å². The zero-order valence-corrected chi connectivity index (χ0v) is 16.6. The van der Waals surface area contributed by atoms with E-state index in [1.807, 2.05) is 57.2 Å². The lowest BCUT2D eigenvalue weighted by Gasteiger charge is -2.16. The number of pyridine rings is 1. The normalized spacial score (nSPS) is 11.7. The van der Waals surface area contributed by atoms with E-state index in [2.05, 4.69) is 20.3 Å². The van der Waals surface area contributed by atoms with E-state index in [9.17, 15) is 9.59 Å². The Kier molecular flexibility index (Phi) is 4.62. The van der Waals surface area contributed by atoms with Gasteiger partial charge in [0.2, 0.25) is 5.95 Å². The molecule has 2 N–H and O–H groups in total. The van der Waals surface area contributed by atoms with Crippen molar-refractivity contribution < 1.29 is 9.59 Å². The summed E-state index contributed by atoms with van der Waals surface area (Å²) in [6, 6.07) is 14.9. The molecule has 0 unspecified atom stereocenters. The monoisotopic (exact) mass is 386 g/mol. The Morgan fingerprint density at radius 2 is 1.79 bits per heavy atom. The summed E-state index contributed by atoms with van der Waals surface area (Å²) in [5.74, 6) is -0.0444. The van der Waals surface area contributed by atoms with E-state index in [0.717, 1.165) is 10.8 Å². The number of hydrogen-bond donors (Lipinski definition) is 2. The van der Waals surface area contributed by atoms with E-state index >= 15 is 0 Å². The minimum atomic E-state index is -0.364. The van der Waals surface area contributed by atoms with E-state index in [-0.39, 0.29) is 23.1 Å². The number of fused-ring (bicyclic) bond motifs is 2. The number of aromatic amines is 1. The van der Waals surface area contributed by atoms with Crippen molar-refractivity contribution in [1.29, 1.82) is 0 Å². The number of rotatable bonds is 4. The van der Waals surface area contributed by atoms with Crippen molar-refractivity contribution in [1.82, 2.24) is 15.0 Å². The number of Topliss-reactive ketones (excluding diaryl/α,β-unsaturated/α-hetero) is 1. The Bertz CT molecular complexity index is 1230. The molecule has 1 amide bonds. The van der Waals surface area contributed by atoms with Gasteiger partial charge in [0.05, 0.1) is 5.52 Å². The number of aromatic nitrogens is 3. The molecule has 0 saturated carbocycles. The molecule has 0 saturated heterocycles. The van der Waals surface area contributed by atoms with Gasteiger partial charge in [-0.1, -0.05) is 51.1 Å². The highest BCUT2D eigenvalue weighted by atomic mass is 16.2. The molecule has 0 aliphatic heterocycles. The smallest absolute Gasteiger partial charge is 0.276 e. The Morgan fingerprint density at radius 1 is 1.03 bits per heavy atom. The lowest BCUT2D eigenvalue weighted by Crippen LogP contribution is -2.14. The Labute approximate surface area is 168 Å². The van der Waals surface area contributed by atoms with Gasteiger partial charge in [0.15, 0.2) is 5.78 Å². The van der Waals surface area contributed by atoms with Gasteiger partial charge < -0.3 is 4.98 Å². The summed E-state index contributed by atoms with van der Waals surface area (Å²) in [6.45, 7) is 6.08. The molecule has 2 aromatic heterocycles. The van der Waals surface area contributed by atoms with Crippen molar-refractivity contribution in [3.63, 3.8) is 0 Å². The van der Waals surface area contributed by atoms with Gasteiger partial charge in [0, 0.05) is 23.6 Å². The molecule has 0 radical (unpaired) electrons. The summed E-state index contributed by atoms with van der Waals surface area (Å²) >= 11 is 0. The number of imidazole rings is 1. The molecule has 6 nitrogen and oxygen atoms in total. The van der Waals surface area contributed by atoms with Crippen LogP contribution in [0.4, 0.5) is 5.95 Å². The van der Waals surface area contributed by atoms with E-state index in [0.29, 0.717) is 28.7 Å². The quantitative estimate of drug-likeness (QED) is 0.484. The van der Waals surface area contributed by atoms with Gasteiger partial charge in [0.1, 0.15) is 11.2 Å². The van der Waals surface area contributed by atoms with Crippen LogP contribution < -0.4 is 5.32 Å². The first kappa shape index (κ1) is 18.8. The highest BCUT2D eigenvalue weighted by molar-refractivity contribution is 6.08. The standard InChI is InChI=1S/C23H22N4O2/c1-23(2,3)12-19(28)16-9-6-10-17-20(16)26-22(25-17)27-21(29)18-11-14-7-4-5-8-15(14)13-24-18/h4-11,13H,12H2,1-3H3,(H2,25,26,27,29). The maximum Gasteiger partial charge on any atom is 0.276 e. The Hall–Kier alpha value is -3.54. The van der Waals surface area contributed by atoms with Crippen LogP contribution in [0.2, 0.25) is 0 Å². The number of carbonyl (C=O) groups is 2. The minimum Gasteiger partial charge on any atom is -0.324 e. The van der Waals surface area contributed by atoms with Crippen LogP contribution >= 0.6 is 0 Å². The van der Waals surface area contributed by atoms with Gasteiger partial charge in [-0.25, -0.2) is 4.98 Å². The van der Waals surface area contributed by atoms with Gasteiger partial charge in [-0.2, -0.15) is 0 Å². The van der Waals surface area contributed by atoms with Crippen LogP contribution in [0.25, 0.3) is 21.8 Å². The molecule has 4 rings (SSSR count). The van der Waals surface area contributed by atoms with Gasteiger partial charge in [-0.15, -0.1) is 0 Å². The summed E-state index contributed by atoms with van der Waals surface area (Å²) in [5.41, 5.74) is 2.00. The summed E-state index contributed by atoms with van der Waals surface area (Å²) in [4.78, 5) is 37.1. The van der Waals surface area contributed by atoms with Gasteiger partial charge in [-0.3, -0.25) is 19.9 Å². The molecule has 4 aromatic rings. The maximum absolute atomic E-state index is 12.7. The van der Waals surface area contributed by atoms with Crippen molar-refractivity contribution in [2.24, 2.45) is 5.41 Å². The topological polar surface area (TPSA) is 87.7 Å². The number of nitrogens with zero attached hydrogens (tertiary/aromatic N) is 2. The predicted octanol–water partition coefficient (Wildman–Crippen LogP) is 4.98. The largest absolute Gasteiger partial charge is 0.324 e. The van der Waals surface area contributed by atoms with Crippen molar-refractivity contribution in [3.05, 3.63) is 66.0 Å². The molecule has 6 heteroatoms. The highest BCUT2D eigenvalue weighted by Gasteiger charge is 2.21. The third kappa shape index (κ3) is 4.01. The number of benzene rings is 2. The molecule has 29 heavy (non-hydrogen) atoms. The summed E-state index contributed by atoms with van der Waals surface area (Å²) in [7, 11) is 0. The molecule has 146 valence electrons. The number of H-pyrrole nitrogens is 1. The van der Waals surface area contributed by atoms with Crippen molar-refractivity contribution in [3.8, 4) is 0 Å². The second kappa shape index (κ2) is 7.13. The van der Waals surface area contributed by atoms with Crippen LogP contribution in [0.3, 0.4) is 0 Å². The Morgan fingerprint density at radius 3 is 2.55 bits per heavy atom. The second-order valence-corrected chi connectivity index (χ2v) is 8.32. The minimum absolute atomic E-state index is 0.0312. The fourth-order valence-corrected chi connectivity index (χ4v) is 3.27. The van der Waals surface area contributed by atoms with Crippen LogP contribution in [0.15, 0.2) is 54.7 Å². The summed E-state index contributed by atoms with van der Waals surface area (Å²) in [6.07, 6.45) is 2.09. The number of amides is 1. The molecular weight excluding hydrogens is 364 g/mol. The Balaban J connectivity index is 1.61. The van der Waals surface area contributed by atoms with Crippen molar-refractivity contribution in [2.45, 2.75) is 27.2 Å². The zero-order valence-electron chi connectivity index (χ0n) is 16.6. The third-order valence-electron chi connectivity index (χ3n) is 4.60. The molecule has 0 bridgehead atoms. The lowest BCUT2D eigenvalue weighted by atomic mass is 9.87. The molecule has 0 fully saturated rings. The zero-order chi connectivity index (χ0) is 20.6. The SMILES string of the molecule is CC(C)(C)CC(=O)c1cccc2[nH]c(NC(=O)c3cc4ccccc4cn3)nc12. The first-order valence-corrected chi connectivity index (χ1v) is 9.48. The van der Waals surface area contributed by atoms with Crippen molar-refractivity contribution in [2.75, 3.05) is 5.32 Å². The number of carbonyl (C=O) groups excluding carboxylic acids is 2. The summed E-state index contributed by atoms with van der Waals surface area (Å²) in [5, 5.41) is 4.65. The van der Waals surface area contributed by atoms with Crippen LogP contribution in [0, 0.1) is 5.41 Å². The first-order valence-electron chi connectivity index (χ1n) is 9.48. The summed E-state index contributed by atoms with van der Waals surface area (Å²) < 4.78 is 0. The van der Waals surface area contributed by atoms with E-state index in [4.69, 9.17) is 0 Å². The van der Waals surface area contributed by atoms with E-state index in [1.165, 1.54) is 0 Å². The molecule has 2 aromatic carbocycles. The lowest BCUT2D eigenvalue weighted by molar-refractivity contribution is 0.0940. The van der Waals surface area contributed by atoms with Crippen LogP contribution in [-0.2, 0) is 0 Å². The molecule has 0 spiro atoms. The molecule has 0 aliphatic carbocycles. The highest BCUT2D eigenvalue weighted by Crippen LogP contribution is 2.26. The fourth-order valence-electron chi connectivity index (χ4n) is 3.27. The van der Waals surface area contributed by atoms with Gasteiger partial charge in [0.25, 0.3) is 5.91 Å². The molecule has 0 aliphatic rings. The van der Waals surface area contributed by atoms with Crippen molar-refractivity contribution >= 4 is 39.4 Å². The number of nitrogens with one attached hydrogen (secondary N) is 2.